The highest BCUT2D eigenvalue weighted by atomic mass is 16.4. The standard InChI is InChI=1S/C29H36N8.3C4H4O4/c1-35-15-17-36(18-16-35)24-11-13-25(14-12-24)37-29-26(28(30)32-20-33-29)27(34-37)22-7-9-23(10-8-22)31-19-21-5-3-2-4-6-21;3*5-3(6)1-2-4(7)8/h2-10,20,24-25,31H,11-19H2,1H3,(H2,30,32,33);3*1-2H,(H,5,6)(H,7,8)/b;3*2-1-. The van der Waals surface area contributed by atoms with Crippen LogP contribution in [-0.2, 0) is 35.3 Å². The molecule has 3 heterocycles. The molecule has 0 radical (unpaired) electrons. The Morgan fingerprint density at radius 3 is 1.57 bits per heavy atom. The van der Waals surface area contributed by atoms with Gasteiger partial charge in [0.2, 0.25) is 0 Å². The molecule has 324 valence electrons. The van der Waals surface area contributed by atoms with Crippen molar-refractivity contribution >= 4 is 58.4 Å². The topological polar surface area (TPSA) is 312 Å². The molecule has 2 aromatic carbocycles. The van der Waals surface area contributed by atoms with E-state index >= 15 is 0 Å². The van der Waals surface area contributed by atoms with Crippen LogP contribution in [0.15, 0.2) is 97.4 Å². The van der Waals surface area contributed by atoms with Crippen molar-refractivity contribution in [2.24, 2.45) is 0 Å². The summed E-state index contributed by atoms with van der Waals surface area (Å²) in [4.78, 5) is 71.4. The Morgan fingerprint density at radius 1 is 0.656 bits per heavy atom. The highest BCUT2D eigenvalue weighted by Gasteiger charge is 2.30. The molecule has 0 spiro atoms. The number of nitrogens with one attached hydrogen (secondary N) is 1. The monoisotopic (exact) mass is 844 g/mol. The quantitative estimate of drug-likeness (QED) is 0.0945. The average molecular weight is 845 g/mol. The van der Waals surface area contributed by atoms with Gasteiger partial charge in [0.25, 0.3) is 0 Å². The number of nitrogens with two attached hydrogens (primary N) is 1. The van der Waals surface area contributed by atoms with Crippen molar-refractivity contribution in [2.75, 3.05) is 44.3 Å². The van der Waals surface area contributed by atoms with E-state index in [0.717, 1.165) is 47.4 Å². The maximum atomic E-state index is 9.55. The van der Waals surface area contributed by atoms with Gasteiger partial charge in [-0.3, -0.25) is 4.90 Å². The molecular formula is C41H48N8O12. The Hall–Kier alpha value is -7.45. The summed E-state index contributed by atoms with van der Waals surface area (Å²) in [7, 11) is 2.22. The molecule has 6 rings (SSSR count). The third-order valence-electron chi connectivity index (χ3n) is 9.19. The predicted octanol–water partition coefficient (Wildman–Crippen LogP) is 3.55. The molecule has 0 bridgehead atoms. The van der Waals surface area contributed by atoms with Crippen LogP contribution in [0.5, 0.6) is 0 Å². The number of fused-ring (bicyclic) bond motifs is 1. The lowest BCUT2D eigenvalue weighted by Gasteiger charge is -2.41. The first kappa shape index (κ1) is 47.9. The van der Waals surface area contributed by atoms with Gasteiger partial charge in [0, 0.05) is 86.5 Å². The molecule has 61 heavy (non-hydrogen) atoms. The zero-order chi connectivity index (χ0) is 44.9. The molecule has 4 aromatic rings. The summed E-state index contributed by atoms with van der Waals surface area (Å²) in [5, 5.41) is 56.3. The maximum absolute atomic E-state index is 9.55. The second-order valence-corrected chi connectivity index (χ2v) is 13.5. The van der Waals surface area contributed by atoms with E-state index in [1.807, 2.05) is 6.07 Å². The summed E-state index contributed by atoms with van der Waals surface area (Å²) in [5.41, 5.74) is 11.4. The molecule has 20 heteroatoms. The number of aliphatic carboxylic acids is 6. The Morgan fingerprint density at radius 2 is 1.11 bits per heavy atom. The zero-order valence-electron chi connectivity index (χ0n) is 33.1. The summed E-state index contributed by atoms with van der Waals surface area (Å²) < 4.78 is 2.13. The molecular weight excluding hydrogens is 796 g/mol. The second-order valence-electron chi connectivity index (χ2n) is 13.5. The maximum Gasteiger partial charge on any atom is 0.328 e. The van der Waals surface area contributed by atoms with Crippen LogP contribution in [0.25, 0.3) is 22.3 Å². The van der Waals surface area contributed by atoms with Crippen molar-refractivity contribution < 1.29 is 59.4 Å². The van der Waals surface area contributed by atoms with E-state index in [1.54, 1.807) is 6.33 Å². The van der Waals surface area contributed by atoms with E-state index in [9.17, 15) is 28.8 Å². The fraction of sp³-hybridized carbons (Fsp3) is 0.293. The van der Waals surface area contributed by atoms with Crippen LogP contribution < -0.4 is 11.1 Å². The number of hydrogen-bond donors (Lipinski definition) is 8. The smallest absolute Gasteiger partial charge is 0.328 e. The Balaban J connectivity index is 0.000000338. The van der Waals surface area contributed by atoms with Gasteiger partial charge in [-0.25, -0.2) is 43.4 Å². The summed E-state index contributed by atoms with van der Waals surface area (Å²) in [6.07, 6.45) is 9.53. The van der Waals surface area contributed by atoms with Gasteiger partial charge in [-0.15, -0.1) is 0 Å². The number of carboxylic acid groups (broad SMARTS) is 6. The molecule has 0 atom stereocenters. The van der Waals surface area contributed by atoms with Gasteiger partial charge < -0.3 is 46.6 Å². The number of nitrogen functional groups attached to an aromatic ring is 1. The fourth-order valence-electron chi connectivity index (χ4n) is 6.28. The lowest BCUT2D eigenvalue weighted by Crippen LogP contribution is -2.49. The average Bonchev–Trinajstić information content (AvgIpc) is 3.63. The van der Waals surface area contributed by atoms with Gasteiger partial charge in [0.05, 0.1) is 11.4 Å². The highest BCUT2D eigenvalue weighted by Crippen LogP contribution is 2.37. The van der Waals surface area contributed by atoms with Crippen LogP contribution in [0, 0.1) is 0 Å². The van der Waals surface area contributed by atoms with Crippen LogP contribution in [-0.4, -0.2) is 135 Å². The van der Waals surface area contributed by atoms with Crippen LogP contribution >= 0.6 is 0 Å². The minimum absolute atomic E-state index is 0.334. The SMILES string of the molecule is CN1CCN(C2CCC(n3nc(-c4ccc(NCc5ccccc5)cc4)c4c(N)ncnc43)CC2)CC1.O=C(O)/C=C\C(=O)O.O=C(O)/C=C\C(=O)O.O=C(O)/C=C\C(=O)O. The van der Waals surface area contributed by atoms with E-state index < -0.39 is 35.8 Å². The van der Waals surface area contributed by atoms with Crippen LogP contribution in [0.3, 0.4) is 0 Å². The minimum atomic E-state index is -1.26. The summed E-state index contributed by atoms with van der Waals surface area (Å²) >= 11 is 0. The largest absolute Gasteiger partial charge is 0.478 e. The van der Waals surface area contributed by atoms with Crippen molar-refractivity contribution in [1.82, 2.24) is 29.5 Å². The molecule has 1 saturated carbocycles. The number of aromatic nitrogens is 4. The Bertz CT molecular complexity index is 2060. The van der Waals surface area contributed by atoms with Gasteiger partial charge in [0.1, 0.15) is 17.8 Å². The van der Waals surface area contributed by atoms with Gasteiger partial charge >= 0.3 is 35.8 Å². The third-order valence-corrected chi connectivity index (χ3v) is 9.19. The van der Waals surface area contributed by atoms with Crippen molar-refractivity contribution in [3.05, 3.63) is 103 Å². The minimum Gasteiger partial charge on any atom is -0.478 e. The van der Waals surface area contributed by atoms with E-state index in [-0.39, 0.29) is 0 Å². The zero-order valence-corrected chi connectivity index (χ0v) is 33.1. The van der Waals surface area contributed by atoms with E-state index in [4.69, 9.17) is 41.5 Å². The molecule has 0 unspecified atom stereocenters. The number of piperazine rings is 1. The third kappa shape index (κ3) is 17.1. The van der Waals surface area contributed by atoms with Crippen LogP contribution in [0.1, 0.15) is 37.3 Å². The van der Waals surface area contributed by atoms with E-state index in [2.05, 4.69) is 85.3 Å². The Labute approximate surface area is 349 Å². The molecule has 0 amide bonds. The lowest BCUT2D eigenvalue weighted by atomic mass is 9.90. The molecule has 9 N–H and O–H groups in total. The van der Waals surface area contributed by atoms with Gasteiger partial charge in [-0.2, -0.15) is 5.10 Å². The summed E-state index contributed by atoms with van der Waals surface area (Å²) in [6, 6.07) is 19.9. The number of hydrogen-bond acceptors (Lipinski definition) is 13. The lowest BCUT2D eigenvalue weighted by molar-refractivity contribution is -0.134. The molecule has 1 saturated heterocycles. The first-order valence-electron chi connectivity index (χ1n) is 18.7. The van der Waals surface area contributed by atoms with Crippen LogP contribution in [0.4, 0.5) is 11.5 Å². The molecule has 1 aliphatic heterocycles. The highest BCUT2D eigenvalue weighted by molar-refractivity contribution is 5.98. The van der Waals surface area contributed by atoms with Gasteiger partial charge in [0.15, 0.2) is 5.65 Å². The number of rotatable bonds is 12. The summed E-state index contributed by atoms with van der Waals surface area (Å²) in [6.45, 7) is 5.49. The molecule has 2 aliphatic rings. The normalized spacial score (nSPS) is 16.7. The number of nitrogens with zero attached hydrogens (tertiary/aromatic N) is 6. The van der Waals surface area contributed by atoms with Crippen LogP contribution in [0.2, 0.25) is 0 Å². The molecule has 2 aromatic heterocycles. The number of carboxylic acids is 6. The van der Waals surface area contributed by atoms with Crippen molar-refractivity contribution in [1.29, 1.82) is 0 Å². The Kier molecular flexibility index (Phi) is 19.2. The first-order valence-corrected chi connectivity index (χ1v) is 18.7. The first-order chi connectivity index (χ1) is 29.0. The van der Waals surface area contributed by atoms with Crippen molar-refractivity contribution in [2.45, 2.75) is 44.3 Å². The molecule has 2 fully saturated rings. The molecule has 1 aliphatic carbocycles. The fourth-order valence-corrected chi connectivity index (χ4v) is 6.28. The number of anilines is 2. The number of carbonyl (C=O) groups is 6. The number of benzene rings is 2. The molecule has 20 nitrogen and oxygen atoms in total. The second kappa shape index (κ2) is 24.5. The van der Waals surface area contributed by atoms with Crippen molar-refractivity contribution in [3.8, 4) is 11.3 Å². The summed E-state index contributed by atoms with van der Waals surface area (Å²) in [5.74, 6) is -7.05. The van der Waals surface area contributed by atoms with Crippen molar-refractivity contribution in [3.63, 3.8) is 0 Å². The van der Waals surface area contributed by atoms with Gasteiger partial charge in [-0.05, 0) is 50.4 Å². The van der Waals surface area contributed by atoms with E-state index in [1.165, 1.54) is 44.6 Å². The van der Waals surface area contributed by atoms with Gasteiger partial charge in [-0.1, -0.05) is 42.5 Å². The van der Waals surface area contributed by atoms with E-state index in [0.29, 0.717) is 54.4 Å². The number of likely N-dealkylation sites (N-methyl/N-ethyl adjacent to an activating group) is 1. The predicted molar refractivity (Wildman–Crippen MR) is 223 cm³/mol.